The maximum Gasteiger partial charge on any atom is 0.142 e. The van der Waals surface area contributed by atoms with Gasteiger partial charge in [0, 0.05) is 11.8 Å². The van der Waals surface area contributed by atoms with Crippen molar-refractivity contribution in [3.63, 3.8) is 0 Å². The fourth-order valence-corrected chi connectivity index (χ4v) is 2.66. The van der Waals surface area contributed by atoms with Crippen molar-refractivity contribution >= 4 is 34.6 Å². The molecule has 0 fully saturated rings. The molecule has 7 heteroatoms. The summed E-state index contributed by atoms with van der Waals surface area (Å²) in [6.07, 6.45) is 0. The summed E-state index contributed by atoms with van der Waals surface area (Å²) in [5.74, 6) is 2.00. The van der Waals surface area contributed by atoms with Crippen LogP contribution in [-0.4, -0.2) is 17.1 Å². The van der Waals surface area contributed by atoms with E-state index in [1.54, 1.807) is 26.2 Å². The quantitative estimate of drug-likeness (QED) is 0.629. The lowest BCUT2D eigenvalue weighted by Gasteiger charge is -2.13. The monoisotopic (exact) mass is 372 g/mol. The van der Waals surface area contributed by atoms with Crippen LogP contribution in [0.15, 0.2) is 42.5 Å². The molecule has 3 rings (SSSR count). The molecule has 0 aliphatic rings. The number of aryl methyl sites for hydroxylation is 2. The van der Waals surface area contributed by atoms with Crippen LogP contribution in [0.4, 0.5) is 27.4 Å². The number of benzene rings is 2. The SMILES string of the molecule is COc1ccc(C)cc1Nc1cc(Nc2ccc(F)c(Cl)c2)nc(C)n1. The Morgan fingerprint density at radius 3 is 2.38 bits per heavy atom. The van der Waals surface area contributed by atoms with E-state index in [1.165, 1.54) is 12.1 Å². The average molecular weight is 373 g/mol. The highest BCUT2D eigenvalue weighted by atomic mass is 35.5. The smallest absolute Gasteiger partial charge is 0.142 e. The van der Waals surface area contributed by atoms with E-state index in [-0.39, 0.29) is 5.02 Å². The van der Waals surface area contributed by atoms with E-state index in [0.29, 0.717) is 28.9 Å². The maximum absolute atomic E-state index is 13.3. The Kier molecular flexibility index (Phi) is 5.23. The van der Waals surface area contributed by atoms with Crippen molar-refractivity contribution in [2.45, 2.75) is 13.8 Å². The van der Waals surface area contributed by atoms with E-state index in [9.17, 15) is 4.39 Å². The van der Waals surface area contributed by atoms with Crippen LogP contribution < -0.4 is 15.4 Å². The molecule has 0 spiro atoms. The van der Waals surface area contributed by atoms with Crippen molar-refractivity contribution in [3.05, 3.63) is 64.7 Å². The molecule has 1 heterocycles. The van der Waals surface area contributed by atoms with Gasteiger partial charge in [-0.2, -0.15) is 0 Å². The zero-order valence-corrected chi connectivity index (χ0v) is 15.4. The largest absolute Gasteiger partial charge is 0.495 e. The van der Waals surface area contributed by atoms with Gasteiger partial charge >= 0.3 is 0 Å². The molecular weight excluding hydrogens is 355 g/mol. The van der Waals surface area contributed by atoms with Gasteiger partial charge in [-0.15, -0.1) is 0 Å². The molecule has 0 radical (unpaired) electrons. The molecular formula is C19H18ClFN4O. The lowest BCUT2D eigenvalue weighted by Crippen LogP contribution is -2.02. The first-order valence-electron chi connectivity index (χ1n) is 7.94. The second-order valence-electron chi connectivity index (χ2n) is 5.77. The number of nitrogens with one attached hydrogen (secondary N) is 2. The third kappa shape index (κ3) is 4.21. The molecule has 0 saturated carbocycles. The first kappa shape index (κ1) is 17.9. The highest BCUT2D eigenvalue weighted by molar-refractivity contribution is 6.31. The van der Waals surface area contributed by atoms with Crippen molar-refractivity contribution < 1.29 is 9.13 Å². The topological polar surface area (TPSA) is 59.1 Å². The predicted octanol–water partition coefficient (Wildman–Crippen LogP) is 5.38. The van der Waals surface area contributed by atoms with Gasteiger partial charge < -0.3 is 15.4 Å². The highest BCUT2D eigenvalue weighted by Gasteiger charge is 2.08. The molecule has 26 heavy (non-hydrogen) atoms. The molecule has 2 aromatic carbocycles. The van der Waals surface area contributed by atoms with Crippen molar-refractivity contribution in [2.75, 3.05) is 17.7 Å². The average Bonchev–Trinajstić information content (AvgIpc) is 2.58. The number of aromatic nitrogens is 2. The first-order valence-corrected chi connectivity index (χ1v) is 8.32. The second kappa shape index (κ2) is 7.58. The third-order valence-corrected chi connectivity index (χ3v) is 3.94. The van der Waals surface area contributed by atoms with Gasteiger partial charge in [0.2, 0.25) is 0 Å². The van der Waals surface area contributed by atoms with Crippen LogP contribution in [0.25, 0.3) is 0 Å². The van der Waals surface area contributed by atoms with Crippen LogP contribution in [0.3, 0.4) is 0 Å². The van der Waals surface area contributed by atoms with Crippen LogP contribution in [-0.2, 0) is 0 Å². The second-order valence-corrected chi connectivity index (χ2v) is 6.18. The number of ether oxygens (including phenoxy) is 1. The molecule has 134 valence electrons. The van der Waals surface area contributed by atoms with E-state index < -0.39 is 5.82 Å². The van der Waals surface area contributed by atoms with E-state index >= 15 is 0 Å². The van der Waals surface area contributed by atoms with Crippen LogP contribution in [0, 0.1) is 19.7 Å². The third-order valence-electron chi connectivity index (χ3n) is 3.65. The number of halogens is 2. The van der Waals surface area contributed by atoms with Crippen LogP contribution in [0.5, 0.6) is 5.75 Å². The zero-order chi connectivity index (χ0) is 18.7. The summed E-state index contributed by atoms with van der Waals surface area (Å²) in [4.78, 5) is 8.76. The van der Waals surface area contributed by atoms with E-state index in [4.69, 9.17) is 16.3 Å². The van der Waals surface area contributed by atoms with Crippen LogP contribution in [0.2, 0.25) is 5.02 Å². The molecule has 2 N–H and O–H groups in total. The minimum atomic E-state index is -0.468. The number of methoxy groups -OCH3 is 1. The summed E-state index contributed by atoms with van der Waals surface area (Å²) < 4.78 is 18.7. The number of hydrogen-bond acceptors (Lipinski definition) is 5. The summed E-state index contributed by atoms with van der Waals surface area (Å²) >= 11 is 5.82. The fourth-order valence-electron chi connectivity index (χ4n) is 2.48. The molecule has 0 bridgehead atoms. The summed E-state index contributed by atoms with van der Waals surface area (Å²) in [6.45, 7) is 3.79. The summed E-state index contributed by atoms with van der Waals surface area (Å²) in [7, 11) is 1.62. The minimum absolute atomic E-state index is 0.0450. The lowest BCUT2D eigenvalue weighted by atomic mass is 10.2. The van der Waals surface area contributed by atoms with Crippen LogP contribution >= 0.6 is 11.6 Å². The Morgan fingerprint density at radius 2 is 1.69 bits per heavy atom. The van der Waals surface area contributed by atoms with Crippen molar-refractivity contribution in [1.82, 2.24) is 9.97 Å². The van der Waals surface area contributed by atoms with E-state index in [0.717, 1.165) is 11.3 Å². The molecule has 1 aromatic heterocycles. The Hall–Kier alpha value is -2.86. The van der Waals surface area contributed by atoms with Gasteiger partial charge in [0.05, 0.1) is 17.8 Å². The van der Waals surface area contributed by atoms with Crippen molar-refractivity contribution in [1.29, 1.82) is 0 Å². The zero-order valence-electron chi connectivity index (χ0n) is 14.6. The molecule has 0 aliphatic heterocycles. The molecule has 0 saturated heterocycles. The van der Waals surface area contributed by atoms with E-state index in [1.807, 2.05) is 25.1 Å². The molecule has 3 aromatic rings. The molecule has 5 nitrogen and oxygen atoms in total. The normalized spacial score (nSPS) is 10.5. The maximum atomic E-state index is 13.3. The number of anilines is 4. The molecule has 0 amide bonds. The van der Waals surface area contributed by atoms with Gasteiger partial charge in [0.1, 0.15) is 29.0 Å². The molecule has 0 atom stereocenters. The highest BCUT2D eigenvalue weighted by Crippen LogP contribution is 2.29. The Bertz CT molecular complexity index is 949. The summed E-state index contributed by atoms with van der Waals surface area (Å²) in [6, 6.07) is 12.0. The van der Waals surface area contributed by atoms with Gasteiger partial charge in [-0.05, 0) is 49.7 Å². The van der Waals surface area contributed by atoms with Gasteiger partial charge in [0.25, 0.3) is 0 Å². The van der Waals surface area contributed by atoms with Gasteiger partial charge in [-0.3, -0.25) is 0 Å². The number of hydrogen-bond donors (Lipinski definition) is 2. The van der Waals surface area contributed by atoms with Crippen molar-refractivity contribution in [2.24, 2.45) is 0 Å². The predicted molar refractivity (Wildman–Crippen MR) is 102 cm³/mol. The van der Waals surface area contributed by atoms with Crippen molar-refractivity contribution in [3.8, 4) is 5.75 Å². The Morgan fingerprint density at radius 1 is 0.962 bits per heavy atom. The fraction of sp³-hybridized carbons (Fsp3) is 0.158. The molecule has 0 aliphatic carbocycles. The van der Waals surface area contributed by atoms with Gasteiger partial charge in [0.15, 0.2) is 0 Å². The van der Waals surface area contributed by atoms with E-state index in [2.05, 4.69) is 20.6 Å². The molecule has 0 unspecified atom stereocenters. The van der Waals surface area contributed by atoms with Gasteiger partial charge in [-0.25, -0.2) is 14.4 Å². The van der Waals surface area contributed by atoms with Crippen LogP contribution in [0.1, 0.15) is 11.4 Å². The summed E-state index contributed by atoms with van der Waals surface area (Å²) in [5.41, 5.74) is 2.54. The Labute approximate surface area is 156 Å². The number of rotatable bonds is 5. The number of nitrogens with zero attached hydrogens (tertiary/aromatic N) is 2. The summed E-state index contributed by atoms with van der Waals surface area (Å²) in [5, 5.41) is 6.40. The standard InChI is InChI=1S/C19H18ClFN4O/c1-11-4-7-17(26-3)16(8-11)25-19-10-18(22-12(2)23-19)24-13-5-6-15(21)14(20)9-13/h4-10H,1-3H3,(H2,22,23,24,25). The lowest BCUT2D eigenvalue weighted by molar-refractivity contribution is 0.416. The first-order chi connectivity index (χ1) is 12.4. The van der Waals surface area contributed by atoms with Gasteiger partial charge in [-0.1, -0.05) is 17.7 Å². The Balaban J connectivity index is 1.88. The minimum Gasteiger partial charge on any atom is -0.495 e.